The molecule has 6 nitrogen and oxygen atoms in total. The number of hydrogen-bond acceptors (Lipinski definition) is 5. The molecule has 0 saturated carbocycles. The van der Waals surface area contributed by atoms with Gasteiger partial charge in [-0.15, -0.1) is 5.10 Å². The van der Waals surface area contributed by atoms with E-state index in [1.165, 1.54) is 17.7 Å². The standard InChI is InChI=1S/C16H24N6/c1-20(10-14-4-3-6-17-8-14)11-15-5-7-22(12-15)13-16-9-18-19-21(16)2/h3-4,6,8-9,15H,5,7,10-13H2,1-2H3. The fraction of sp³-hybridized carbons (Fsp3) is 0.562. The van der Waals surface area contributed by atoms with Crippen LogP contribution in [0.25, 0.3) is 0 Å². The summed E-state index contributed by atoms with van der Waals surface area (Å²) in [5.74, 6) is 0.739. The number of aromatic nitrogens is 4. The van der Waals surface area contributed by atoms with E-state index >= 15 is 0 Å². The Balaban J connectivity index is 1.45. The van der Waals surface area contributed by atoms with Crippen molar-refractivity contribution in [3.05, 3.63) is 42.0 Å². The lowest BCUT2D eigenvalue weighted by molar-refractivity contribution is 0.252. The molecule has 0 spiro atoms. The van der Waals surface area contributed by atoms with Crippen LogP contribution in [-0.4, -0.2) is 56.5 Å². The van der Waals surface area contributed by atoms with Crippen LogP contribution in [0, 0.1) is 5.92 Å². The molecule has 0 radical (unpaired) electrons. The van der Waals surface area contributed by atoms with E-state index in [1.54, 1.807) is 0 Å². The highest BCUT2D eigenvalue weighted by Gasteiger charge is 2.24. The van der Waals surface area contributed by atoms with E-state index in [-0.39, 0.29) is 0 Å². The summed E-state index contributed by atoms with van der Waals surface area (Å²) in [6, 6.07) is 4.14. The van der Waals surface area contributed by atoms with Crippen LogP contribution in [0.1, 0.15) is 17.7 Å². The van der Waals surface area contributed by atoms with E-state index in [2.05, 4.69) is 38.2 Å². The zero-order valence-corrected chi connectivity index (χ0v) is 13.4. The minimum Gasteiger partial charge on any atom is -0.302 e. The molecule has 1 saturated heterocycles. The largest absolute Gasteiger partial charge is 0.302 e. The Morgan fingerprint density at radius 2 is 2.27 bits per heavy atom. The molecule has 3 rings (SSSR count). The lowest BCUT2D eigenvalue weighted by Crippen LogP contribution is -2.28. The molecular formula is C16H24N6. The summed E-state index contributed by atoms with van der Waals surface area (Å²) in [6.45, 7) is 5.37. The van der Waals surface area contributed by atoms with Crippen molar-refractivity contribution in [1.29, 1.82) is 0 Å². The van der Waals surface area contributed by atoms with Crippen molar-refractivity contribution < 1.29 is 0 Å². The third-order valence-electron chi connectivity index (χ3n) is 4.31. The van der Waals surface area contributed by atoms with Crippen molar-refractivity contribution in [3.63, 3.8) is 0 Å². The molecule has 22 heavy (non-hydrogen) atoms. The third kappa shape index (κ3) is 3.90. The topological polar surface area (TPSA) is 50.1 Å². The summed E-state index contributed by atoms with van der Waals surface area (Å²) in [6.07, 6.45) is 6.91. The number of nitrogens with zero attached hydrogens (tertiary/aromatic N) is 6. The van der Waals surface area contributed by atoms with Crippen molar-refractivity contribution in [2.24, 2.45) is 13.0 Å². The molecule has 0 aromatic carbocycles. The van der Waals surface area contributed by atoms with Crippen LogP contribution >= 0.6 is 0 Å². The maximum atomic E-state index is 4.18. The molecule has 0 aliphatic carbocycles. The first kappa shape index (κ1) is 15.1. The van der Waals surface area contributed by atoms with Crippen LogP contribution in [0.3, 0.4) is 0 Å². The van der Waals surface area contributed by atoms with Gasteiger partial charge in [0.05, 0.1) is 11.9 Å². The van der Waals surface area contributed by atoms with Crippen molar-refractivity contribution in [2.75, 3.05) is 26.7 Å². The molecule has 6 heteroatoms. The molecule has 1 atom stereocenters. The summed E-state index contributed by atoms with van der Waals surface area (Å²) in [7, 11) is 4.15. The Labute approximate surface area is 131 Å². The summed E-state index contributed by atoms with van der Waals surface area (Å²) < 4.78 is 1.86. The second-order valence-corrected chi connectivity index (χ2v) is 6.30. The van der Waals surface area contributed by atoms with E-state index in [4.69, 9.17) is 0 Å². The van der Waals surface area contributed by atoms with E-state index < -0.39 is 0 Å². The average Bonchev–Trinajstić information content (AvgIpc) is 3.10. The van der Waals surface area contributed by atoms with Crippen molar-refractivity contribution in [3.8, 4) is 0 Å². The minimum absolute atomic E-state index is 0.739. The quantitative estimate of drug-likeness (QED) is 0.801. The van der Waals surface area contributed by atoms with E-state index in [0.717, 1.165) is 38.6 Å². The van der Waals surface area contributed by atoms with Crippen molar-refractivity contribution in [2.45, 2.75) is 19.5 Å². The van der Waals surface area contributed by atoms with Gasteiger partial charge in [-0.25, -0.2) is 0 Å². The Bertz CT molecular complexity index is 581. The van der Waals surface area contributed by atoms with Crippen LogP contribution in [0.15, 0.2) is 30.7 Å². The van der Waals surface area contributed by atoms with Gasteiger partial charge in [0.1, 0.15) is 0 Å². The number of hydrogen-bond donors (Lipinski definition) is 0. The van der Waals surface area contributed by atoms with Gasteiger partial charge in [-0.1, -0.05) is 11.3 Å². The van der Waals surface area contributed by atoms with Crippen molar-refractivity contribution in [1.82, 2.24) is 29.8 Å². The van der Waals surface area contributed by atoms with Crippen LogP contribution < -0.4 is 0 Å². The number of rotatable bonds is 6. The van der Waals surface area contributed by atoms with Crippen molar-refractivity contribution >= 4 is 0 Å². The molecule has 1 aliphatic heterocycles. The summed E-state index contributed by atoms with van der Waals surface area (Å²) in [5, 5.41) is 7.95. The summed E-state index contributed by atoms with van der Waals surface area (Å²) >= 11 is 0. The van der Waals surface area contributed by atoms with Crippen LogP contribution in [-0.2, 0) is 20.1 Å². The monoisotopic (exact) mass is 300 g/mol. The highest BCUT2D eigenvalue weighted by atomic mass is 15.4. The molecule has 3 heterocycles. The molecule has 118 valence electrons. The Morgan fingerprint density at radius 1 is 1.36 bits per heavy atom. The van der Waals surface area contributed by atoms with Gasteiger partial charge in [0.25, 0.3) is 0 Å². The maximum Gasteiger partial charge on any atom is 0.0738 e. The minimum atomic E-state index is 0.739. The first-order valence-corrected chi connectivity index (χ1v) is 7.84. The molecule has 1 unspecified atom stereocenters. The molecule has 2 aromatic rings. The predicted octanol–water partition coefficient (Wildman–Crippen LogP) is 1.16. The number of aryl methyl sites for hydroxylation is 1. The SMILES string of the molecule is CN(Cc1cccnc1)CC1CCN(Cc2cnnn2C)C1. The molecule has 1 fully saturated rings. The number of likely N-dealkylation sites (tertiary alicyclic amines) is 1. The zero-order valence-electron chi connectivity index (χ0n) is 13.4. The van der Waals surface area contributed by atoms with Crippen LogP contribution in [0.4, 0.5) is 0 Å². The highest BCUT2D eigenvalue weighted by molar-refractivity contribution is 5.08. The predicted molar refractivity (Wildman–Crippen MR) is 85.0 cm³/mol. The molecule has 0 N–H and O–H groups in total. The van der Waals surface area contributed by atoms with Gasteiger partial charge in [-0.2, -0.15) is 0 Å². The molecular weight excluding hydrogens is 276 g/mol. The molecule has 0 amide bonds. The summed E-state index contributed by atoms with van der Waals surface area (Å²) in [5.41, 5.74) is 2.46. The Hall–Kier alpha value is -1.79. The van der Waals surface area contributed by atoms with Gasteiger partial charge >= 0.3 is 0 Å². The lowest BCUT2D eigenvalue weighted by Gasteiger charge is -2.21. The van der Waals surface area contributed by atoms with Gasteiger partial charge in [0, 0.05) is 45.6 Å². The molecule has 0 bridgehead atoms. The van der Waals surface area contributed by atoms with E-state index in [0.29, 0.717) is 0 Å². The molecule has 2 aromatic heterocycles. The van der Waals surface area contributed by atoms with E-state index in [9.17, 15) is 0 Å². The number of pyridine rings is 1. The Kier molecular flexibility index (Phi) is 4.80. The molecule has 1 aliphatic rings. The average molecular weight is 300 g/mol. The first-order valence-electron chi connectivity index (χ1n) is 7.84. The second kappa shape index (κ2) is 6.98. The third-order valence-corrected chi connectivity index (χ3v) is 4.31. The van der Waals surface area contributed by atoms with Crippen LogP contribution in [0.5, 0.6) is 0 Å². The van der Waals surface area contributed by atoms with Gasteiger partial charge in [0.15, 0.2) is 0 Å². The second-order valence-electron chi connectivity index (χ2n) is 6.30. The normalized spacial score (nSPS) is 19.1. The zero-order chi connectivity index (χ0) is 15.4. The Morgan fingerprint density at radius 3 is 3.00 bits per heavy atom. The van der Waals surface area contributed by atoms with Gasteiger partial charge in [-0.05, 0) is 37.6 Å². The van der Waals surface area contributed by atoms with Crippen LogP contribution in [0.2, 0.25) is 0 Å². The maximum absolute atomic E-state index is 4.18. The smallest absolute Gasteiger partial charge is 0.0738 e. The van der Waals surface area contributed by atoms with Gasteiger partial charge < -0.3 is 4.90 Å². The highest BCUT2D eigenvalue weighted by Crippen LogP contribution is 2.19. The first-order chi connectivity index (χ1) is 10.7. The fourth-order valence-corrected chi connectivity index (χ4v) is 3.20. The fourth-order valence-electron chi connectivity index (χ4n) is 3.20. The summed E-state index contributed by atoms with van der Waals surface area (Å²) in [4.78, 5) is 9.08. The van der Waals surface area contributed by atoms with Gasteiger partial charge in [0.2, 0.25) is 0 Å². The lowest BCUT2D eigenvalue weighted by atomic mass is 10.1. The van der Waals surface area contributed by atoms with Gasteiger partial charge in [-0.3, -0.25) is 14.6 Å². The van der Waals surface area contributed by atoms with E-state index in [1.807, 2.05) is 36.4 Å².